The third-order valence-electron chi connectivity index (χ3n) is 3.44. The van der Waals surface area contributed by atoms with Gasteiger partial charge in [-0.05, 0) is 55.8 Å². The molecule has 0 aliphatic rings. The molecule has 5 nitrogen and oxygen atoms in total. The minimum absolute atomic E-state index is 0.0167. The number of hydrogen-bond donors (Lipinski definition) is 1. The van der Waals surface area contributed by atoms with Crippen molar-refractivity contribution in [3.8, 4) is 5.75 Å². The van der Waals surface area contributed by atoms with Gasteiger partial charge in [-0.25, -0.2) is 4.39 Å². The standard InChI is InChI=1S/C19H20FNO4/c1-12(2)25-16-9-5-13(6-10-16)17(11-18(22)23)21-19(24)14-3-7-15(20)8-4-14/h3-10,12,17H,11H2,1-2H3,(H,21,24)(H,22,23)/p-1/t17-/m0/s1. The van der Waals surface area contributed by atoms with Gasteiger partial charge in [0.1, 0.15) is 11.6 Å². The molecule has 132 valence electrons. The molecule has 0 aliphatic heterocycles. The Bertz CT molecular complexity index is 726. The van der Waals surface area contributed by atoms with Crippen LogP contribution < -0.4 is 15.2 Å². The van der Waals surface area contributed by atoms with E-state index in [1.807, 2.05) is 13.8 Å². The fraction of sp³-hybridized carbons (Fsp3) is 0.263. The van der Waals surface area contributed by atoms with Crippen LogP contribution >= 0.6 is 0 Å². The molecule has 0 saturated heterocycles. The van der Waals surface area contributed by atoms with Crippen LogP contribution in [-0.2, 0) is 4.79 Å². The number of ether oxygens (including phenoxy) is 1. The summed E-state index contributed by atoms with van der Waals surface area (Å²) in [5.74, 6) is -1.58. The average molecular weight is 344 g/mol. The Morgan fingerprint density at radius 2 is 1.68 bits per heavy atom. The van der Waals surface area contributed by atoms with Crippen molar-refractivity contribution in [1.82, 2.24) is 5.32 Å². The molecule has 0 spiro atoms. The molecule has 25 heavy (non-hydrogen) atoms. The second-order valence-corrected chi connectivity index (χ2v) is 5.84. The number of halogens is 1. The van der Waals surface area contributed by atoms with Crippen molar-refractivity contribution in [2.24, 2.45) is 0 Å². The Hall–Kier alpha value is -2.89. The Labute approximate surface area is 145 Å². The van der Waals surface area contributed by atoms with E-state index in [1.165, 1.54) is 24.3 Å². The molecule has 1 atom stereocenters. The number of amides is 1. The first-order valence-corrected chi connectivity index (χ1v) is 7.88. The predicted octanol–water partition coefficient (Wildman–Crippen LogP) is 2.22. The van der Waals surface area contributed by atoms with Gasteiger partial charge in [0.25, 0.3) is 5.91 Å². The van der Waals surface area contributed by atoms with Gasteiger partial charge in [-0.1, -0.05) is 12.1 Å². The van der Waals surface area contributed by atoms with Crippen molar-refractivity contribution in [2.45, 2.75) is 32.4 Å². The summed E-state index contributed by atoms with van der Waals surface area (Å²) in [6, 6.07) is 11.0. The SMILES string of the molecule is CC(C)Oc1ccc([C@H](CC(=O)[O-])NC(=O)c2ccc(F)cc2)cc1. The highest BCUT2D eigenvalue weighted by molar-refractivity contribution is 5.94. The van der Waals surface area contributed by atoms with Crippen LogP contribution in [0.4, 0.5) is 4.39 Å². The van der Waals surface area contributed by atoms with Gasteiger partial charge >= 0.3 is 0 Å². The van der Waals surface area contributed by atoms with Crippen LogP contribution in [0, 0.1) is 5.82 Å². The van der Waals surface area contributed by atoms with Crippen LogP contribution in [0.15, 0.2) is 48.5 Å². The van der Waals surface area contributed by atoms with Crippen molar-refractivity contribution < 1.29 is 23.8 Å². The summed E-state index contributed by atoms with van der Waals surface area (Å²) < 4.78 is 18.5. The quantitative estimate of drug-likeness (QED) is 0.835. The van der Waals surface area contributed by atoms with E-state index in [0.29, 0.717) is 11.3 Å². The van der Waals surface area contributed by atoms with E-state index in [0.717, 1.165) is 0 Å². The van der Waals surface area contributed by atoms with Gasteiger partial charge in [-0.2, -0.15) is 0 Å². The zero-order chi connectivity index (χ0) is 18.4. The topological polar surface area (TPSA) is 78.5 Å². The van der Waals surface area contributed by atoms with Gasteiger partial charge in [0, 0.05) is 18.0 Å². The molecule has 0 radical (unpaired) electrons. The highest BCUT2D eigenvalue weighted by Gasteiger charge is 2.16. The maximum absolute atomic E-state index is 12.9. The predicted molar refractivity (Wildman–Crippen MR) is 88.4 cm³/mol. The number of carbonyl (C=O) groups is 2. The van der Waals surface area contributed by atoms with Gasteiger partial charge < -0.3 is 20.0 Å². The van der Waals surface area contributed by atoms with Gasteiger partial charge in [-0.15, -0.1) is 0 Å². The number of nitrogens with one attached hydrogen (secondary N) is 1. The lowest BCUT2D eigenvalue weighted by molar-refractivity contribution is -0.306. The highest BCUT2D eigenvalue weighted by Crippen LogP contribution is 2.21. The van der Waals surface area contributed by atoms with Crippen molar-refractivity contribution in [3.63, 3.8) is 0 Å². The van der Waals surface area contributed by atoms with Crippen LogP contribution in [0.3, 0.4) is 0 Å². The van der Waals surface area contributed by atoms with Crippen molar-refractivity contribution >= 4 is 11.9 Å². The molecule has 1 amide bonds. The summed E-state index contributed by atoms with van der Waals surface area (Å²) in [4.78, 5) is 23.3. The lowest BCUT2D eigenvalue weighted by Gasteiger charge is -2.20. The lowest BCUT2D eigenvalue weighted by Crippen LogP contribution is -2.34. The van der Waals surface area contributed by atoms with Crippen molar-refractivity contribution in [2.75, 3.05) is 0 Å². The monoisotopic (exact) mass is 344 g/mol. The van der Waals surface area contributed by atoms with E-state index >= 15 is 0 Å². The molecular formula is C19H19FNO4-. The molecule has 0 fully saturated rings. The summed E-state index contributed by atoms with van der Waals surface area (Å²) in [5, 5.41) is 13.7. The number of rotatable bonds is 7. The first-order valence-electron chi connectivity index (χ1n) is 7.88. The van der Waals surface area contributed by atoms with Crippen LogP contribution in [0.1, 0.15) is 42.2 Å². The molecule has 0 aromatic heterocycles. The fourth-order valence-electron chi connectivity index (χ4n) is 2.31. The van der Waals surface area contributed by atoms with Crippen molar-refractivity contribution in [3.05, 3.63) is 65.5 Å². The third kappa shape index (κ3) is 5.60. The summed E-state index contributed by atoms with van der Waals surface area (Å²) >= 11 is 0. The van der Waals surface area contributed by atoms with E-state index in [2.05, 4.69) is 5.32 Å². The fourth-order valence-corrected chi connectivity index (χ4v) is 2.31. The summed E-state index contributed by atoms with van der Waals surface area (Å²) in [6.45, 7) is 3.80. The first-order chi connectivity index (χ1) is 11.8. The average Bonchev–Trinajstić information content (AvgIpc) is 2.54. The minimum Gasteiger partial charge on any atom is -0.550 e. The van der Waals surface area contributed by atoms with Crippen LogP contribution in [-0.4, -0.2) is 18.0 Å². The molecule has 2 rings (SSSR count). The van der Waals surface area contributed by atoms with Gasteiger partial charge in [-0.3, -0.25) is 4.79 Å². The van der Waals surface area contributed by atoms with E-state index in [1.54, 1.807) is 24.3 Å². The maximum Gasteiger partial charge on any atom is 0.251 e. The zero-order valence-electron chi connectivity index (χ0n) is 14.0. The van der Waals surface area contributed by atoms with Crippen LogP contribution in [0.2, 0.25) is 0 Å². The number of hydrogen-bond acceptors (Lipinski definition) is 4. The van der Waals surface area contributed by atoms with E-state index < -0.39 is 23.7 Å². The molecule has 2 aromatic carbocycles. The Balaban J connectivity index is 2.16. The Morgan fingerprint density at radius 3 is 2.20 bits per heavy atom. The molecule has 2 aromatic rings. The summed E-state index contributed by atoms with van der Waals surface area (Å²) in [6.07, 6.45) is -0.361. The number of aliphatic carboxylic acids is 1. The summed E-state index contributed by atoms with van der Waals surface area (Å²) in [5.41, 5.74) is 0.847. The zero-order valence-corrected chi connectivity index (χ0v) is 14.0. The highest BCUT2D eigenvalue weighted by atomic mass is 19.1. The number of carboxylic acid groups (broad SMARTS) is 1. The number of carbonyl (C=O) groups excluding carboxylic acids is 2. The van der Waals surface area contributed by atoms with Gasteiger partial charge in [0.15, 0.2) is 0 Å². The van der Waals surface area contributed by atoms with Crippen molar-refractivity contribution in [1.29, 1.82) is 0 Å². The smallest absolute Gasteiger partial charge is 0.251 e. The van der Waals surface area contributed by atoms with Gasteiger partial charge in [0.2, 0.25) is 0 Å². The molecule has 0 saturated carbocycles. The second kappa shape index (κ2) is 8.28. The second-order valence-electron chi connectivity index (χ2n) is 5.84. The maximum atomic E-state index is 12.9. The van der Waals surface area contributed by atoms with Crippen LogP contribution in [0.5, 0.6) is 5.75 Å². The lowest BCUT2D eigenvalue weighted by atomic mass is 10.0. The van der Waals surface area contributed by atoms with E-state index in [4.69, 9.17) is 4.74 Å². The molecule has 0 unspecified atom stereocenters. The third-order valence-corrected chi connectivity index (χ3v) is 3.44. The molecule has 0 bridgehead atoms. The molecule has 0 heterocycles. The van der Waals surface area contributed by atoms with E-state index in [9.17, 15) is 19.1 Å². The number of carboxylic acids is 1. The normalized spacial score (nSPS) is 11.8. The first kappa shape index (κ1) is 18.4. The summed E-state index contributed by atoms with van der Waals surface area (Å²) in [7, 11) is 0. The molecule has 0 aliphatic carbocycles. The van der Waals surface area contributed by atoms with E-state index in [-0.39, 0.29) is 18.1 Å². The Kier molecular flexibility index (Phi) is 6.11. The molecule has 1 N–H and O–H groups in total. The minimum atomic E-state index is -1.29. The molecule has 6 heteroatoms. The Morgan fingerprint density at radius 1 is 1.08 bits per heavy atom. The molecular weight excluding hydrogens is 325 g/mol. The van der Waals surface area contributed by atoms with Crippen LogP contribution in [0.25, 0.3) is 0 Å². The number of benzene rings is 2. The van der Waals surface area contributed by atoms with Gasteiger partial charge in [0.05, 0.1) is 12.1 Å². The largest absolute Gasteiger partial charge is 0.550 e.